The summed E-state index contributed by atoms with van der Waals surface area (Å²) in [6.45, 7) is 1.57. The lowest BCUT2D eigenvalue weighted by Gasteiger charge is -2.22. The number of imide groups is 1. The average Bonchev–Trinajstić information content (AvgIpc) is 3.25. The van der Waals surface area contributed by atoms with E-state index in [2.05, 4.69) is 5.32 Å². The molecule has 3 aliphatic rings. The number of hydrogen-bond donors (Lipinski definition) is 1. The molecule has 1 aliphatic carbocycles. The highest BCUT2D eigenvalue weighted by Crippen LogP contribution is 2.35. The number of carbonyl (C=O) groups excluding carboxylic acids is 3. The van der Waals surface area contributed by atoms with Crippen molar-refractivity contribution in [2.75, 3.05) is 26.8 Å². The molecule has 1 N–H and O–H groups in total. The third-order valence-corrected chi connectivity index (χ3v) is 5.70. The van der Waals surface area contributed by atoms with Gasteiger partial charge in [0.2, 0.25) is 5.91 Å². The molecule has 1 spiro atoms. The molecule has 28 heavy (non-hydrogen) atoms. The summed E-state index contributed by atoms with van der Waals surface area (Å²) >= 11 is 0. The largest absolute Gasteiger partial charge is 0.486 e. The summed E-state index contributed by atoms with van der Waals surface area (Å²) in [6, 6.07) is 5.24. The van der Waals surface area contributed by atoms with E-state index in [-0.39, 0.29) is 30.8 Å². The second-order valence-corrected chi connectivity index (χ2v) is 7.65. The van der Waals surface area contributed by atoms with Crippen LogP contribution in [0.25, 0.3) is 0 Å². The van der Waals surface area contributed by atoms with Gasteiger partial charge >= 0.3 is 6.03 Å². The number of hydrogen-bond acceptors (Lipinski definition) is 5. The van der Waals surface area contributed by atoms with Gasteiger partial charge in [0.05, 0.1) is 0 Å². The zero-order valence-electron chi connectivity index (χ0n) is 16.0. The number of nitrogens with one attached hydrogen (secondary N) is 1. The predicted octanol–water partition coefficient (Wildman–Crippen LogP) is 1.67. The summed E-state index contributed by atoms with van der Waals surface area (Å²) in [7, 11) is 1.71. The summed E-state index contributed by atoms with van der Waals surface area (Å²) in [5.74, 6) is 1.09. The van der Waals surface area contributed by atoms with Crippen molar-refractivity contribution >= 4 is 17.8 Å². The predicted molar refractivity (Wildman–Crippen MR) is 100.0 cm³/mol. The summed E-state index contributed by atoms with van der Waals surface area (Å²) in [6.07, 6.45) is 3.36. The molecule has 150 valence electrons. The van der Waals surface area contributed by atoms with Crippen molar-refractivity contribution in [2.24, 2.45) is 0 Å². The van der Waals surface area contributed by atoms with Gasteiger partial charge in [-0.1, -0.05) is 18.9 Å². The molecule has 2 fully saturated rings. The first-order valence-electron chi connectivity index (χ1n) is 9.75. The molecule has 0 radical (unpaired) electrons. The molecule has 1 aromatic carbocycles. The fourth-order valence-corrected chi connectivity index (χ4v) is 4.14. The minimum atomic E-state index is -0.725. The highest BCUT2D eigenvalue weighted by atomic mass is 16.6. The maximum atomic E-state index is 12.6. The van der Waals surface area contributed by atoms with Crippen LogP contribution in [-0.2, 0) is 16.1 Å². The Kier molecular flexibility index (Phi) is 4.87. The van der Waals surface area contributed by atoms with Crippen LogP contribution in [0.1, 0.15) is 37.7 Å². The molecular weight excluding hydrogens is 362 g/mol. The highest BCUT2D eigenvalue weighted by Gasteiger charge is 2.52. The van der Waals surface area contributed by atoms with Gasteiger partial charge in [0.15, 0.2) is 11.5 Å². The van der Waals surface area contributed by atoms with E-state index >= 15 is 0 Å². The maximum absolute atomic E-state index is 12.6. The molecule has 4 amide bonds. The molecule has 0 unspecified atom stereocenters. The van der Waals surface area contributed by atoms with Gasteiger partial charge in [0, 0.05) is 26.6 Å². The Morgan fingerprint density at radius 2 is 1.89 bits per heavy atom. The van der Waals surface area contributed by atoms with Gasteiger partial charge in [-0.3, -0.25) is 14.5 Å². The number of carbonyl (C=O) groups is 3. The van der Waals surface area contributed by atoms with Crippen molar-refractivity contribution in [1.82, 2.24) is 15.1 Å². The Labute approximate surface area is 163 Å². The number of urea groups is 1. The van der Waals surface area contributed by atoms with E-state index in [0.29, 0.717) is 44.1 Å². The van der Waals surface area contributed by atoms with Crippen LogP contribution in [0.3, 0.4) is 0 Å². The first kappa shape index (κ1) is 18.6. The molecule has 1 saturated carbocycles. The van der Waals surface area contributed by atoms with Gasteiger partial charge < -0.3 is 19.7 Å². The third-order valence-electron chi connectivity index (χ3n) is 5.70. The molecular formula is C20H25N3O5. The molecule has 4 rings (SSSR count). The van der Waals surface area contributed by atoms with Gasteiger partial charge in [0.25, 0.3) is 5.91 Å². The monoisotopic (exact) mass is 387 g/mol. The van der Waals surface area contributed by atoms with Crippen molar-refractivity contribution in [1.29, 1.82) is 0 Å². The van der Waals surface area contributed by atoms with Crippen LogP contribution in [0.4, 0.5) is 4.79 Å². The van der Waals surface area contributed by atoms with E-state index in [1.807, 2.05) is 18.2 Å². The zero-order valence-corrected chi connectivity index (χ0v) is 16.0. The molecule has 8 heteroatoms. The van der Waals surface area contributed by atoms with E-state index in [0.717, 1.165) is 18.4 Å². The van der Waals surface area contributed by atoms with Crippen LogP contribution in [-0.4, -0.2) is 60.0 Å². The molecule has 1 saturated heterocycles. The molecule has 0 atom stereocenters. The van der Waals surface area contributed by atoms with Gasteiger partial charge in [-0.2, -0.15) is 0 Å². The van der Waals surface area contributed by atoms with E-state index in [1.165, 1.54) is 4.90 Å². The molecule has 8 nitrogen and oxygen atoms in total. The van der Waals surface area contributed by atoms with E-state index in [1.54, 1.807) is 11.9 Å². The van der Waals surface area contributed by atoms with Crippen molar-refractivity contribution in [3.8, 4) is 11.5 Å². The number of fused-ring (bicyclic) bond motifs is 1. The van der Waals surface area contributed by atoms with Crippen molar-refractivity contribution in [3.05, 3.63) is 23.8 Å². The van der Waals surface area contributed by atoms with Crippen molar-refractivity contribution in [3.63, 3.8) is 0 Å². The topological polar surface area (TPSA) is 88.2 Å². The Morgan fingerprint density at radius 3 is 2.64 bits per heavy atom. The number of rotatable bonds is 5. The smallest absolute Gasteiger partial charge is 0.325 e. The summed E-state index contributed by atoms with van der Waals surface area (Å²) < 4.78 is 11.1. The lowest BCUT2D eigenvalue weighted by Crippen LogP contribution is -2.44. The third kappa shape index (κ3) is 3.39. The molecule has 2 aliphatic heterocycles. The van der Waals surface area contributed by atoms with Crippen LogP contribution in [0.2, 0.25) is 0 Å². The SMILES string of the molecule is CN(Cc1ccc2c(c1)OCCO2)C(=O)CCN1C(=O)NC2(CCCC2)C1=O. The molecule has 0 bridgehead atoms. The lowest BCUT2D eigenvalue weighted by molar-refractivity contribution is -0.133. The zero-order chi connectivity index (χ0) is 19.7. The summed E-state index contributed by atoms with van der Waals surface area (Å²) in [5, 5.41) is 2.84. The fourth-order valence-electron chi connectivity index (χ4n) is 4.14. The lowest BCUT2D eigenvalue weighted by atomic mass is 9.98. The quantitative estimate of drug-likeness (QED) is 0.777. The van der Waals surface area contributed by atoms with Crippen molar-refractivity contribution in [2.45, 2.75) is 44.2 Å². The second-order valence-electron chi connectivity index (χ2n) is 7.65. The van der Waals surface area contributed by atoms with E-state index in [4.69, 9.17) is 9.47 Å². The Bertz CT molecular complexity index is 803. The Balaban J connectivity index is 1.32. The maximum Gasteiger partial charge on any atom is 0.325 e. The van der Waals surface area contributed by atoms with Crippen LogP contribution in [0.5, 0.6) is 11.5 Å². The van der Waals surface area contributed by atoms with Gasteiger partial charge in [0.1, 0.15) is 18.8 Å². The van der Waals surface area contributed by atoms with Gasteiger partial charge in [-0.15, -0.1) is 0 Å². The molecule has 2 heterocycles. The number of ether oxygens (including phenoxy) is 2. The minimum Gasteiger partial charge on any atom is -0.486 e. The second kappa shape index (κ2) is 7.33. The highest BCUT2D eigenvalue weighted by molar-refractivity contribution is 6.07. The Morgan fingerprint density at radius 1 is 1.18 bits per heavy atom. The minimum absolute atomic E-state index is 0.107. The molecule has 0 aromatic heterocycles. The van der Waals surface area contributed by atoms with Crippen LogP contribution < -0.4 is 14.8 Å². The average molecular weight is 387 g/mol. The summed E-state index contributed by atoms with van der Waals surface area (Å²) in [5.41, 5.74) is 0.206. The van der Waals surface area contributed by atoms with Gasteiger partial charge in [-0.25, -0.2) is 4.79 Å². The number of benzene rings is 1. The molecule has 1 aromatic rings. The first-order chi connectivity index (χ1) is 13.5. The number of amides is 4. The van der Waals surface area contributed by atoms with Crippen LogP contribution in [0.15, 0.2) is 18.2 Å². The van der Waals surface area contributed by atoms with Crippen LogP contribution in [0, 0.1) is 0 Å². The van der Waals surface area contributed by atoms with Crippen molar-refractivity contribution < 1.29 is 23.9 Å². The van der Waals surface area contributed by atoms with Crippen LogP contribution >= 0.6 is 0 Å². The van der Waals surface area contributed by atoms with Gasteiger partial charge in [-0.05, 0) is 30.5 Å². The fraction of sp³-hybridized carbons (Fsp3) is 0.550. The normalized spacial score (nSPS) is 19.8. The summed E-state index contributed by atoms with van der Waals surface area (Å²) in [4.78, 5) is 40.1. The van der Waals surface area contributed by atoms with E-state index < -0.39 is 5.54 Å². The standard InChI is InChI=1S/C20H25N3O5/c1-22(13-14-4-5-15-16(12-14)28-11-10-27-15)17(24)6-9-23-18(25)20(21-19(23)26)7-2-3-8-20/h4-5,12H,2-3,6-11,13H2,1H3,(H,21,26). The number of nitrogens with zero attached hydrogens (tertiary/aromatic N) is 2. The Hall–Kier alpha value is -2.77. The van der Waals surface area contributed by atoms with E-state index in [9.17, 15) is 14.4 Å². The first-order valence-corrected chi connectivity index (χ1v) is 9.75.